The molecule has 0 atom stereocenters. The average Bonchev–Trinajstić information content (AvgIpc) is 2.42. The molecule has 0 radical (unpaired) electrons. The second-order valence-electron chi connectivity index (χ2n) is 5.06. The Balaban J connectivity index is 2.27. The lowest BCUT2D eigenvalue weighted by molar-refractivity contribution is 0.482. The maximum absolute atomic E-state index is 12.7. The SMILES string of the molecule is CCN(c1ccc(N)cc1)S(=O)(=O)C1CCCCC1. The van der Waals surface area contributed by atoms with Gasteiger partial charge >= 0.3 is 0 Å². The Bertz CT molecular complexity index is 505. The van der Waals surface area contributed by atoms with Gasteiger partial charge in [-0.3, -0.25) is 4.31 Å². The number of rotatable bonds is 4. The molecule has 0 heterocycles. The molecule has 0 aliphatic heterocycles. The van der Waals surface area contributed by atoms with Crippen molar-refractivity contribution in [2.75, 3.05) is 16.6 Å². The molecule has 2 N–H and O–H groups in total. The van der Waals surface area contributed by atoms with Crippen LogP contribution in [0.15, 0.2) is 24.3 Å². The largest absolute Gasteiger partial charge is 0.399 e. The van der Waals surface area contributed by atoms with Crippen LogP contribution in [-0.4, -0.2) is 20.2 Å². The zero-order valence-electron chi connectivity index (χ0n) is 11.4. The van der Waals surface area contributed by atoms with Gasteiger partial charge in [0.05, 0.1) is 10.9 Å². The lowest BCUT2D eigenvalue weighted by atomic mass is 10.0. The number of benzene rings is 1. The minimum absolute atomic E-state index is 0.223. The Morgan fingerprint density at radius 1 is 1.16 bits per heavy atom. The number of hydrogen-bond acceptors (Lipinski definition) is 3. The van der Waals surface area contributed by atoms with Gasteiger partial charge in [0.2, 0.25) is 10.0 Å². The van der Waals surface area contributed by atoms with Crippen LogP contribution in [0.1, 0.15) is 39.0 Å². The van der Waals surface area contributed by atoms with Crippen LogP contribution < -0.4 is 10.0 Å². The van der Waals surface area contributed by atoms with E-state index in [1.807, 2.05) is 6.92 Å². The Hall–Kier alpha value is -1.23. The van der Waals surface area contributed by atoms with E-state index in [1.54, 1.807) is 24.3 Å². The summed E-state index contributed by atoms with van der Waals surface area (Å²) in [6, 6.07) is 7.04. The molecule has 2 rings (SSSR count). The Labute approximate surface area is 115 Å². The fraction of sp³-hybridized carbons (Fsp3) is 0.571. The first-order valence-corrected chi connectivity index (χ1v) is 8.43. The Morgan fingerprint density at radius 3 is 2.26 bits per heavy atom. The van der Waals surface area contributed by atoms with Crippen LogP contribution >= 0.6 is 0 Å². The van der Waals surface area contributed by atoms with Crippen molar-refractivity contribution in [1.29, 1.82) is 0 Å². The van der Waals surface area contributed by atoms with Crippen molar-refractivity contribution in [1.82, 2.24) is 0 Å². The van der Waals surface area contributed by atoms with Crippen LogP contribution in [0.25, 0.3) is 0 Å². The third kappa shape index (κ3) is 3.03. The van der Waals surface area contributed by atoms with E-state index in [4.69, 9.17) is 5.73 Å². The van der Waals surface area contributed by atoms with Crippen molar-refractivity contribution in [2.24, 2.45) is 0 Å². The van der Waals surface area contributed by atoms with Gasteiger partial charge in [-0.2, -0.15) is 0 Å². The molecule has 4 nitrogen and oxygen atoms in total. The van der Waals surface area contributed by atoms with Gasteiger partial charge in [-0.1, -0.05) is 19.3 Å². The third-order valence-electron chi connectivity index (χ3n) is 3.75. The molecule has 1 aromatic carbocycles. The summed E-state index contributed by atoms with van der Waals surface area (Å²) < 4.78 is 26.9. The molecule has 19 heavy (non-hydrogen) atoms. The molecule has 1 aliphatic rings. The number of hydrogen-bond donors (Lipinski definition) is 1. The predicted octanol–water partition coefficient (Wildman–Crippen LogP) is 2.76. The van der Waals surface area contributed by atoms with Gasteiger partial charge in [0.25, 0.3) is 0 Å². The smallest absolute Gasteiger partial charge is 0.238 e. The van der Waals surface area contributed by atoms with Gasteiger partial charge in [0.1, 0.15) is 0 Å². The predicted molar refractivity (Wildman–Crippen MR) is 79.7 cm³/mol. The molecule has 0 unspecified atom stereocenters. The zero-order chi connectivity index (χ0) is 13.9. The van der Waals surface area contributed by atoms with Crippen molar-refractivity contribution >= 4 is 21.4 Å². The molecular weight excluding hydrogens is 260 g/mol. The topological polar surface area (TPSA) is 63.4 Å². The summed E-state index contributed by atoms with van der Waals surface area (Å²) in [6.45, 7) is 2.33. The van der Waals surface area contributed by atoms with Crippen molar-refractivity contribution < 1.29 is 8.42 Å². The number of nitrogens with two attached hydrogens (primary N) is 1. The highest BCUT2D eigenvalue weighted by Crippen LogP contribution is 2.29. The number of sulfonamides is 1. The summed E-state index contributed by atoms with van der Waals surface area (Å²) in [4.78, 5) is 0. The summed E-state index contributed by atoms with van der Waals surface area (Å²) in [5.74, 6) is 0. The highest BCUT2D eigenvalue weighted by Gasteiger charge is 2.32. The highest BCUT2D eigenvalue weighted by atomic mass is 32.2. The summed E-state index contributed by atoms with van der Waals surface area (Å²) >= 11 is 0. The fourth-order valence-electron chi connectivity index (χ4n) is 2.69. The van der Waals surface area contributed by atoms with Gasteiger partial charge in [0.15, 0.2) is 0 Å². The third-order valence-corrected chi connectivity index (χ3v) is 6.15. The summed E-state index contributed by atoms with van der Waals surface area (Å²) in [7, 11) is -3.25. The van der Waals surface area contributed by atoms with Crippen LogP contribution in [0.5, 0.6) is 0 Å². The van der Waals surface area contributed by atoms with E-state index in [0.29, 0.717) is 17.9 Å². The molecule has 1 saturated carbocycles. The van der Waals surface area contributed by atoms with Crippen LogP contribution in [0.2, 0.25) is 0 Å². The highest BCUT2D eigenvalue weighted by molar-refractivity contribution is 7.93. The van der Waals surface area contributed by atoms with Crippen LogP contribution in [0, 0.1) is 0 Å². The monoisotopic (exact) mass is 282 g/mol. The summed E-state index contributed by atoms with van der Waals surface area (Å²) in [5, 5.41) is -0.223. The molecule has 0 spiro atoms. The molecule has 1 aromatic rings. The Morgan fingerprint density at radius 2 is 1.74 bits per heavy atom. The van der Waals surface area contributed by atoms with Crippen molar-refractivity contribution in [2.45, 2.75) is 44.3 Å². The molecule has 0 saturated heterocycles. The van der Waals surface area contributed by atoms with Crippen LogP contribution in [-0.2, 0) is 10.0 Å². The second-order valence-corrected chi connectivity index (χ2v) is 7.20. The van der Waals surface area contributed by atoms with Crippen LogP contribution in [0.4, 0.5) is 11.4 Å². The lowest BCUT2D eigenvalue weighted by Crippen LogP contribution is -2.39. The summed E-state index contributed by atoms with van der Waals surface area (Å²) in [6.07, 6.45) is 4.76. The van der Waals surface area contributed by atoms with E-state index in [2.05, 4.69) is 0 Å². The van der Waals surface area contributed by atoms with Gasteiger partial charge in [-0.05, 0) is 44.0 Å². The van der Waals surface area contributed by atoms with Gasteiger partial charge in [-0.15, -0.1) is 0 Å². The first kappa shape index (κ1) is 14.2. The van der Waals surface area contributed by atoms with E-state index in [1.165, 1.54) is 4.31 Å². The van der Waals surface area contributed by atoms with Crippen molar-refractivity contribution in [3.05, 3.63) is 24.3 Å². The first-order valence-electron chi connectivity index (χ1n) is 6.93. The standard InChI is InChI=1S/C14H22N2O2S/c1-2-16(13-10-8-12(15)9-11-13)19(17,18)14-6-4-3-5-7-14/h8-11,14H,2-7,15H2,1H3. The number of anilines is 2. The van der Waals surface area contributed by atoms with E-state index < -0.39 is 10.0 Å². The number of nitrogens with zero attached hydrogens (tertiary/aromatic N) is 1. The van der Waals surface area contributed by atoms with E-state index in [9.17, 15) is 8.42 Å². The zero-order valence-corrected chi connectivity index (χ0v) is 12.2. The van der Waals surface area contributed by atoms with Crippen molar-refractivity contribution in [3.8, 4) is 0 Å². The van der Waals surface area contributed by atoms with Gasteiger partial charge < -0.3 is 5.73 Å². The quantitative estimate of drug-likeness (QED) is 0.864. The normalized spacial score (nSPS) is 17.3. The molecule has 5 heteroatoms. The van der Waals surface area contributed by atoms with Gasteiger partial charge in [-0.25, -0.2) is 8.42 Å². The molecule has 0 aromatic heterocycles. The Kier molecular flexibility index (Phi) is 4.34. The first-order chi connectivity index (χ1) is 9.05. The molecule has 1 fully saturated rings. The lowest BCUT2D eigenvalue weighted by Gasteiger charge is -2.30. The maximum Gasteiger partial charge on any atom is 0.238 e. The molecule has 0 amide bonds. The van der Waals surface area contributed by atoms with Crippen molar-refractivity contribution in [3.63, 3.8) is 0 Å². The second kappa shape index (κ2) is 5.82. The summed E-state index contributed by atoms with van der Waals surface area (Å²) in [5.41, 5.74) is 7.01. The average molecular weight is 282 g/mol. The maximum atomic E-state index is 12.7. The van der Waals surface area contributed by atoms with E-state index >= 15 is 0 Å². The van der Waals surface area contributed by atoms with E-state index in [-0.39, 0.29) is 5.25 Å². The van der Waals surface area contributed by atoms with Gasteiger partial charge in [0, 0.05) is 12.2 Å². The fourth-order valence-corrected chi connectivity index (χ4v) is 4.76. The molecule has 106 valence electrons. The molecule has 0 bridgehead atoms. The minimum Gasteiger partial charge on any atom is -0.399 e. The van der Waals surface area contributed by atoms with Crippen LogP contribution in [0.3, 0.4) is 0 Å². The number of nitrogen functional groups attached to an aromatic ring is 1. The minimum atomic E-state index is -3.25. The molecule has 1 aliphatic carbocycles. The molecular formula is C14H22N2O2S. The van der Waals surface area contributed by atoms with E-state index in [0.717, 1.165) is 32.1 Å².